The second-order valence-corrected chi connectivity index (χ2v) is 5.96. The zero-order valence-corrected chi connectivity index (χ0v) is 14.2. The number of carbonyl (C=O) groups excluding carboxylic acids is 2. The molecule has 0 aliphatic carbocycles. The van der Waals surface area contributed by atoms with Crippen LogP contribution >= 0.6 is 0 Å². The Kier molecular flexibility index (Phi) is 4.97. The number of anilines is 1. The third-order valence-electron chi connectivity index (χ3n) is 4.16. The van der Waals surface area contributed by atoms with Crippen molar-refractivity contribution in [3.63, 3.8) is 0 Å². The molecular formula is C17H20N4O4. The van der Waals surface area contributed by atoms with Gasteiger partial charge in [-0.2, -0.15) is 4.98 Å². The second-order valence-electron chi connectivity index (χ2n) is 5.96. The maximum absolute atomic E-state index is 12.5. The Labute approximate surface area is 145 Å². The van der Waals surface area contributed by atoms with Gasteiger partial charge in [0.1, 0.15) is 0 Å². The van der Waals surface area contributed by atoms with Crippen molar-refractivity contribution in [2.75, 3.05) is 25.5 Å². The van der Waals surface area contributed by atoms with E-state index in [1.807, 2.05) is 0 Å². The number of amides is 2. The van der Waals surface area contributed by atoms with Crippen LogP contribution in [0.5, 0.6) is 0 Å². The van der Waals surface area contributed by atoms with E-state index in [9.17, 15) is 9.59 Å². The zero-order chi connectivity index (χ0) is 17.8. The van der Waals surface area contributed by atoms with Gasteiger partial charge in [0.2, 0.25) is 5.89 Å². The lowest BCUT2D eigenvalue weighted by molar-refractivity contribution is 0.0600. The summed E-state index contributed by atoms with van der Waals surface area (Å²) in [5, 5.41) is 6.66. The fraction of sp³-hybridized carbons (Fsp3) is 0.412. The van der Waals surface area contributed by atoms with Crippen molar-refractivity contribution >= 4 is 17.7 Å². The molecule has 1 fully saturated rings. The molecule has 2 heterocycles. The Bertz CT molecular complexity index is 756. The molecule has 2 aromatic rings. The van der Waals surface area contributed by atoms with Crippen molar-refractivity contribution in [2.45, 2.75) is 25.7 Å². The van der Waals surface area contributed by atoms with E-state index in [4.69, 9.17) is 4.52 Å². The lowest BCUT2D eigenvalue weighted by Gasteiger charge is -2.31. The van der Waals surface area contributed by atoms with Crippen LogP contribution < -0.4 is 5.32 Å². The van der Waals surface area contributed by atoms with E-state index < -0.39 is 5.97 Å². The molecule has 1 atom stereocenters. The minimum atomic E-state index is -0.411. The number of urea groups is 1. The van der Waals surface area contributed by atoms with Crippen LogP contribution in [0.3, 0.4) is 0 Å². The molecular weight excluding hydrogens is 324 g/mol. The van der Waals surface area contributed by atoms with E-state index in [1.54, 1.807) is 36.1 Å². The first kappa shape index (κ1) is 16.9. The van der Waals surface area contributed by atoms with Gasteiger partial charge >= 0.3 is 12.0 Å². The SMILES string of the molecule is COC(=O)c1ccc(NC(=O)N2CCCC(c3nc(C)no3)C2)cc1. The number of nitrogens with zero attached hydrogens (tertiary/aromatic N) is 3. The maximum atomic E-state index is 12.5. The molecule has 1 aliphatic rings. The van der Waals surface area contributed by atoms with Gasteiger partial charge in [0.25, 0.3) is 0 Å². The summed E-state index contributed by atoms with van der Waals surface area (Å²) in [5.41, 5.74) is 1.05. The van der Waals surface area contributed by atoms with E-state index >= 15 is 0 Å². The normalized spacial score (nSPS) is 17.2. The summed E-state index contributed by atoms with van der Waals surface area (Å²) in [5.74, 6) is 0.828. The van der Waals surface area contributed by atoms with E-state index in [2.05, 4.69) is 20.2 Å². The minimum absolute atomic E-state index is 0.0578. The molecule has 2 amide bonds. The number of esters is 1. The summed E-state index contributed by atoms with van der Waals surface area (Å²) >= 11 is 0. The molecule has 0 spiro atoms. The Morgan fingerprint density at radius 3 is 2.72 bits per heavy atom. The van der Waals surface area contributed by atoms with E-state index in [0.29, 0.717) is 36.1 Å². The number of hydrogen-bond donors (Lipinski definition) is 1. The predicted molar refractivity (Wildman–Crippen MR) is 89.4 cm³/mol. The molecule has 1 N–H and O–H groups in total. The molecule has 1 saturated heterocycles. The lowest BCUT2D eigenvalue weighted by atomic mass is 9.98. The van der Waals surface area contributed by atoms with Gasteiger partial charge in [-0.3, -0.25) is 0 Å². The highest BCUT2D eigenvalue weighted by Gasteiger charge is 2.28. The van der Waals surface area contributed by atoms with Gasteiger partial charge in [0, 0.05) is 18.8 Å². The maximum Gasteiger partial charge on any atom is 0.337 e. The van der Waals surface area contributed by atoms with Crippen molar-refractivity contribution in [2.24, 2.45) is 0 Å². The predicted octanol–water partition coefficient (Wildman–Crippen LogP) is 2.58. The monoisotopic (exact) mass is 344 g/mol. The summed E-state index contributed by atoms with van der Waals surface area (Å²) in [6.45, 7) is 2.99. The van der Waals surface area contributed by atoms with Crippen LogP contribution in [0, 0.1) is 6.92 Å². The topological polar surface area (TPSA) is 97.6 Å². The van der Waals surface area contributed by atoms with Gasteiger partial charge in [-0.05, 0) is 44.0 Å². The summed E-state index contributed by atoms with van der Waals surface area (Å²) < 4.78 is 9.89. The van der Waals surface area contributed by atoms with Crippen molar-refractivity contribution in [1.29, 1.82) is 0 Å². The van der Waals surface area contributed by atoms with Crippen molar-refractivity contribution in [3.8, 4) is 0 Å². The molecule has 25 heavy (non-hydrogen) atoms. The Morgan fingerprint density at radius 1 is 1.32 bits per heavy atom. The molecule has 1 aromatic carbocycles. The van der Waals surface area contributed by atoms with Crippen LogP contribution in [0.1, 0.15) is 40.8 Å². The number of aromatic nitrogens is 2. The summed E-state index contributed by atoms with van der Waals surface area (Å²) in [7, 11) is 1.33. The number of benzene rings is 1. The molecule has 8 nitrogen and oxygen atoms in total. The number of carbonyl (C=O) groups is 2. The van der Waals surface area contributed by atoms with Crippen LogP contribution in [0.25, 0.3) is 0 Å². The van der Waals surface area contributed by atoms with Crippen molar-refractivity contribution in [3.05, 3.63) is 41.5 Å². The number of hydrogen-bond acceptors (Lipinski definition) is 6. The molecule has 0 radical (unpaired) electrons. The average molecular weight is 344 g/mol. The largest absolute Gasteiger partial charge is 0.465 e. The smallest absolute Gasteiger partial charge is 0.337 e. The fourth-order valence-electron chi connectivity index (χ4n) is 2.85. The standard InChI is InChI=1S/C17H20N4O4/c1-11-18-15(25-20-11)13-4-3-9-21(10-13)17(23)19-14-7-5-12(6-8-14)16(22)24-2/h5-8,13H,3-4,9-10H2,1-2H3,(H,19,23). The highest BCUT2D eigenvalue weighted by Crippen LogP contribution is 2.26. The quantitative estimate of drug-likeness (QED) is 0.860. The highest BCUT2D eigenvalue weighted by atomic mass is 16.5. The van der Waals surface area contributed by atoms with E-state index in [-0.39, 0.29) is 11.9 Å². The van der Waals surface area contributed by atoms with Crippen molar-refractivity contribution < 1.29 is 18.8 Å². The summed E-state index contributed by atoms with van der Waals surface area (Å²) in [6, 6.07) is 6.38. The third kappa shape index (κ3) is 3.96. The molecule has 0 saturated carbocycles. The van der Waals surface area contributed by atoms with Gasteiger partial charge in [0.15, 0.2) is 5.82 Å². The number of nitrogens with one attached hydrogen (secondary N) is 1. The summed E-state index contributed by atoms with van der Waals surface area (Å²) in [6.07, 6.45) is 1.79. The Balaban J connectivity index is 1.61. The molecule has 1 unspecified atom stereocenters. The molecule has 1 aliphatic heterocycles. The van der Waals surface area contributed by atoms with Gasteiger partial charge in [0.05, 0.1) is 18.6 Å². The molecule has 1 aromatic heterocycles. The van der Waals surface area contributed by atoms with Crippen LogP contribution in [-0.4, -0.2) is 47.2 Å². The number of piperidine rings is 1. The number of ether oxygens (including phenoxy) is 1. The molecule has 132 valence electrons. The van der Waals surface area contributed by atoms with Crippen LogP contribution in [0.2, 0.25) is 0 Å². The average Bonchev–Trinajstić information content (AvgIpc) is 3.08. The van der Waals surface area contributed by atoms with Crippen LogP contribution in [0.4, 0.5) is 10.5 Å². The van der Waals surface area contributed by atoms with E-state index in [1.165, 1.54) is 7.11 Å². The highest BCUT2D eigenvalue weighted by molar-refractivity contribution is 5.92. The number of rotatable bonds is 3. The fourth-order valence-corrected chi connectivity index (χ4v) is 2.85. The minimum Gasteiger partial charge on any atom is -0.465 e. The molecule has 3 rings (SSSR count). The molecule has 8 heteroatoms. The second kappa shape index (κ2) is 7.33. The first-order valence-electron chi connectivity index (χ1n) is 8.11. The third-order valence-corrected chi connectivity index (χ3v) is 4.16. The van der Waals surface area contributed by atoms with Gasteiger partial charge < -0.3 is 19.5 Å². The first-order chi connectivity index (χ1) is 12.1. The number of likely N-dealkylation sites (tertiary alicyclic amines) is 1. The Morgan fingerprint density at radius 2 is 2.08 bits per heavy atom. The number of aryl methyl sites for hydroxylation is 1. The van der Waals surface area contributed by atoms with Gasteiger partial charge in [-0.1, -0.05) is 5.16 Å². The molecule has 0 bridgehead atoms. The Hall–Kier alpha value is -2.90. The van der Waals surface area contributed by atoms with Crippen molar-refractivity contribution in [1.82, 2.24) is 15.0 Å². The van der Waals surface area contributed by atoms with Crippen LogP contribution in [0.15, 0.2) is 28.8 Å². The van der Waals surface area contributed by atoms with Gasteiger partial charge in [-0.25, -0.2) is 9.59 Å². The van der Waals surface area contributed by atoms with E-state index in [0.717, 1.165) is 12.8 Å². The lowest BCUT2D eigenvalue weighted by Crippen LogP contribution is -2.41. The first-order valence-corrected chi connectivity index (χ1v) is 8.11. The van der Waals surface area contributed by atoms with Crippen LogP contribution in [-0.2, 0) is 4.74 Å². The summed E-state index contributed by atoms with van der Waals surface area (Å²) in [4.78, 5) is 29.9. The number of methoxy groups -OCH3 is 1. The van der Waals surface area contributed by atoms with Gasteiger partial charge in [-0.15, -0.1) is 0 Å². The zero-order valence-electron chi connectivity index (χ0n) is 14.2.